The molecular weight excluding hydrogens is 368 g/mol. The molecule has 1 aromatic heterocycles. The van der Waals surface area contributed by atoms with Crippen molar-refractivity contribution in [3.05, 3.63) is 42.5 Å². The third-order valence-electron chi connectivity index (χ3n) is 5.10. The van der Waals surface area contributed by atoms with Crippen LogP contribution in [0.1, 0.15) is 18.4 Å². The zero-order valence-corrected chi connectivity index (χ0v) is 17.6. The van der Waals surface area contributed by atoms with E-state index >= 15 is 0 Å². The van der Waals surface area contributed by atoms with Gasteiger partial charge < -0.3 is 24.7 Å². The number of hydrogen-bond donors (Lipinski definition) is 2. The molecule has 0 bridgehead atoms. The summed E-state index contributed by atoms with van der Waals surface area (Å²) < 4.78 is 12.8. The molecule has 3 rings (SSSR count). The molecule has 0 aliphatic carbocycles. The molecule has 1 fully saturated rings. The number of likely N-dealkylation sites (tertiary alicyclic amines) is 1. The van der Waals surface area contributed by atoms with Crippen molar-refractivity contribution in [2.45, 2.75) is 32.0 Å². The van der Waals surface area contributed by atoms with Gasteiger partial charge in [-0.05, 0) is 30.5 Å². The lowest BCUT2D eigenvalue weighted by Crippen LogP contribution is -2.44. The van der Waals surface area contributed by atoms with E-state index in [1.807, 2.05) is 25.6 Å². The Morgan fingerprint density at radius 2 is 2.03 bits per heavy atom. The van der Waals surface area contributed by atoms with Crippen LogP contribution in [-0.4, -0.2) is 67.4 Å². The monoisotopic (exact) mass is 400 g/mol. The molecule has 2 N–H and O–H groups in total. The maximum atomic E-state index is 5.38. The number of ether oxygens (including phenoxy) is 2. The van der Waals surface area contributed by atoms with Crippen molar-refractivity contribution < 1.29 is 9.47 Å². The summed E-state index contributed by atoms with van der Waals surface area (Å²) in [5.41, 5.74) is 1.20. The summed E-state index contributed by atoms with van der Waals surface area (Å²) in [5, 5.41) is 6.96. The number of aromatic nitrogens is 2. The summed E-state index contributed by atoms with van der Waals surface area (Å²) in [6.07, 6.45) is 7.75. The fourth-order valence-corrected chi connectivity index (χ4v) is 3.59. The van der Waals surface area contributed by atoms with Gasteiger partial charge >= 0.3 is 0 Å². The summed E-state index contributed by atoms with van der Waals surface area (Å²) in [7, 11) is 5.19. The van der Waals surface area contributed by atoms with Crippen LogP contribution in [-0.2, 0) is 13.1 Å². The van der Waals surface area contributed by atoms with Gasteiger partial charge in [-0.25, -0.2) is 4.98 Å². The second kappa shape index (κ2) is 10.7. The highest BCUT2D eigenvalue weighted by molar-refractivity contribution is 5.79. The third-order valence-corrected chi connectivity index (χ3v) is 5.10. The standard InChI is InChI=1S/C21H32N6O2/c1-22-21(24-6-4-8-26-10-7-23-16-26)25-18-5-9-27(15-18)14-17-11-19(28-2)13-20(12-17)29-3/h7,10-13,16,18H,4-6,8-9,14-15H2,1-3H3,(H2,22,24,25). The van der Waals surface area contributed by atoms with Gasteiger partial charge in [0, 0.05) is 64.3 Å². The van der Waals surface area contributed by atoms with E-state index in [9.17, 15) is 0 Å². The molecular formula is C21H32N6O2. The molecule has 1 saturated heterocycles. The Balaban J connectivity index is 1.42. The van der Waals surface area contributed by atoms with Gasteiger partial charge in [-0.3, -0.25) is 9.89 Å². The lowest BCUT2D eigenvalue weighted by molar-refractivity contribution is 0.321. The fourth-order valence-electron chi connectivity index (χ4n) is 3.59. The molecule has 1 atom stereocenters. The number of rotatable bonds is 9. The smallest absolute Gasteiger partial charge is 0.191 e. The second-order valence-corrected chi connectivity index (χ2v) is 7.24. The number of benzene rings is 1. The first-order valence-corrected chi connectivity index (χ1v) is 10.1. The van der Waals surface area contributed by atoms with Gasteiger partial charge in [0.25, 0.3) is 0 Å². The lowest BCUT2D eigenvalue weighted by Gasteiger charge is -2.19. The molecule has 2 heterocycles. The van der Waals surface area contributed by atoms with Gasteiger partial charge in [0.1, 0.15) is 11.5 Å². The molecule has 29 heavy (non-hydrogen) atoms. The largest absolute Gasteiger partial charge is 0.497 e. The highest BCUT2D eigenvalue weighted by Crippen LogP contribution is 2.24. The maximum Gasteiger partial charge on any atom is 0.191 e. The maximum absolute atomic E-state index is 5.38. The van der Waals surface area contributed by atoms with Crippen LogP contribution in [0.5, 0.6) is 11.5 Å². The second-order valence-electron chi connectivity index (χ2n) is 7.24. The van der Waals surface area contributed by atoms with Crippen LogP contribution in [0.25, 0.3) is 0 Å². The van der Waals surface area contributed by atoms with Crippen molar-refractivity contribution in [2.75, 3.05) is 40.9 Å². The number of guanidine groups is 1. The minimum absolute atomic E-state index is 0.391. The Morgan fingerprint density at radius 3 is 2.69 bits per heavy atom. The van der Waals surface area contributed by atoms with Crippen molar-refractivity contribution in [1.29, 1.82) is 0 Å². The Kier molecular flexibility index (Phi) is 7.75. The number of nitrogens with zero attached hydrogens (tertiary/aromatic N) is 4. The zero-order chi connectivity index (χ0) is 20.5. The van der Waals surface area contributed by atoms with Crippen LogP contribution in [0, 0.1) is 0 Å². The van der Waals surface area contributed by atoms with Crippen LogP contribution in [0.2, 0.25) is 0 Å². The average Bonchev–Trinajstić information content (AvgIpc) is 3.42. The normalized spacial score (nSPS) is 17.3. The first kappa shape index (κ1) is 21.0. The third kappa shape index (κ3) is 6.39. The van der Waals surface area contributed by atoms with Crippen LogP contribution in [0.15, 0.2) is 41.9 Å². The SMILES string of the molecule is CN=C(NCCCn1ccnc1)NC1CCN(Cc2cc(OC)cc(OC)c2)C1. The van der Waals surface area contributed by atoms with Gasteiger partial charge in [-0.15, -0.1) is 0 Å². The number of aliphatic imine (C=N–C) groups is 1. The molecule has 1 aromatic carbocycles. The van der Waals surface area contributed by atoms with Gasteiger partial charge in [-0.1, -0.05) is 0 Å². The van der Waals surface area contributed by atoms with Crippen LogP contribution in [0.4, 0.5) is 0 Å². The molecule has 1 unspecified atom stereocenters. The quantitative estimate of drug-likeness (QED) is 0.379. The van der Waals surface area contributed by atoms with Crippen molar-refractivity contribution in [3.63, 3.8) is 0 Å². The molecule has 0 amide bonds. The van der Waals surface area contributed by atoms with Crippen LogP contribution >= 0.6 is 0 Å². The predicted octanol–water partition coefficient (Wildman–Crippen LogP) is 1.73. The molecule has 1 aliphatic heterocycles. The van der Waals surface area contributed by atoms with E-state index in [4.69, 9.17) is 9.47 Å². The van der Waals surface area contributed by atoms with Gasteiger partial charge in [0.05, 0.1) is 20.5 Å². The number of imidazole rings is 1. The predicted molar refractivity (Wildman–Crippen MR) is 115 cm³/mol. The molecule has 2 aromatic rings. The molecule has 0 radical (unpaired) electrons. The van der Waals surface area contributed by atoms with E-state index in [2.05, 4.69) is 42.2 Å². The molecule has 8 nitrogen and oxygen atoms in total. The molecule has 0 spiro atoms. The Labute approximate surface area is 172 Å². The Bertz CT molecular complexity index is 755. The van der Waals surface area contributed by atoms with E-state index in [1.54, 1.807) is 20.4 Å². The van der Waals surface area contributed by atoms with Gasteiger partial charge in [0.2, 0.25) is 0 Å². The summed E-state index contributed by atoms with van der Waals surface area (Å²) in [6.45, 7) is 4.73. The van der Waals surface area contributed by atoms with Crippen molar-refractivity contribution in [1.82, 2.24) is 25.1 Å². The average molecular weight is 401 g/mol. The summed E-state index contributed by atoms with van der Waals surface area (Å²) in [5.74, 6) is 2.52. The van der Waals surface area contributed by atoms with Crippen molar-refractivity contribution >= 4 is 5.96 Å². The highest BCUT2D eigenvalue weighted by atomic mass is 16.5. The minimum Gasteiger partial charge on any atom is -0.497 e. The minimum atomic E-state index is 0.391. The number of aryl methyl sites for hydroxylation is 1. The van der Waals surface area contributed by atoms with Crippen molar-refractivity contribution in [2.24, 2.45) is 4.99 Å². The first-order valence-electron chi connectivity index (χ1n) is 10.1. The number of nitrogens with one attached hydrogen (secondary N) is 2. The summed E-state index contributed by atoms with van der Waals surface area (Å²) >= 11 is 0. The van der Waals surface area contributed by atoms with Crippen LogP contribution in [0.3, 0.4) is 0 Å². The highest BCUT2D eigenvalue weighted by Gasteiger charge is 2.23. The molecule has 0 saturated carbocycles. The molecule has 8 heteroatoms. The number of hydrogen-bond acceptors (Lipinski definition) is 5. The van der Waals surface area contributed by atoms with E-state index in [0.29, 0.717) is 6.04 Å². The van der Waals surface area contributed by atoms with Crippen LogP contribution < -0.4 is 20.1 Å². The molecule has 1 aliphatic rings. The van der Waals surface area contributed by atoms with Gasteiger partial charge in [-0.2, -0.15) is 0 Å². The van der Waals surface area contributed by atoms with E-state index in [-0.39, 0.29) is 0 Å². The summed E-state index contributed by atoms with van der Waals surface area (Å²) in [4.78, 5) is 10.9. The van der Waals surface area contributed by atoms with E-state index < -0.39 is 0 Å². The van der Waals surface area contributed by atoms with Crippen molar-refractivity contribution in [3.8, 4) is 11.5 Å². The lowest BCUT2D eigenvalue weighted by atomic mass is 10.2. The fraction of sp³-hybridized carbons (Fsp3) is 0.524. The molecule has 158 valence electrons. The Hall–Kier alpha value is -2.74. The van der Waals surface area contributed by atoms with Gasteiger partial charge in [0.15, 0.2) is 5.96 Å². The zero-order valence-electron chi connectivity index (χ0n) is 17.6. The number of methoxy groups -OCH3 is 2. The van der Waals surface area contributed by atoms with E-state index in [0.717, 1.165) is 63.0 Å². The topological polar surface area (TPSA) is 75.9 Å². The van der Waals surface area contributed by atoms with E-state index in [1.165, 1.54) is 5.56 Å². The summed E-state index contributed by atoms with van der Waals surface area (Å²) in [6, 6.07) is 6.44. The Morgan fingerprint density at radius 1 is 1.24 bits per heavy atom. The first-order chi connectivity index (χ1) is 14.2.